The maximum Gasteiger partial charge on any atom is 0.307 e. The highest BCUT2D eigenvalue weighted by Crippen LogP contribution is 2.72. The third kappa shape index (κ3) is 2.18. The van der Waals surface area contributed by atoms with Gasteiger partial charge in [-0.05, 0) is 42.6 Å². The predicted octanol–water partition coefficient (Wildman–Crippen LogP) is 2.75. The van der Waals surface area contributed by atoms with Gasteiger partial charge in [-0.1, -0.05) is 18.2 Å². The number of carboxylic acids is 1. The van der Waals surface area contributed by atoms with Crippen LogP contribution in [-0.4, -0.2) is 21.9 Å². The van der Waals surface area contributed by atoms with Gasteiger partial charge in [-0.25, -0.2) is 0 Å². The van der Waals surface area contributed by atoms with Crippen molar-refractivity contribution in [2.75, 3.05) is 5.32 Å². The van der Waals surface area contributed by atoms with Crippen LogP contribution in [0.2, 0.25) is 0 Å². The lowest BCUT2D eigenvalue weighted by atomic mass is 9.82. The Morgan fingerprint density at radius 1 is 1.24 bits per heavy atom. The molecule has 1 spiro atoms. The molecule has 2 saturated carbocycles. The maximum absolute atomic E-state index is 12.9. The third-order valence-corrected chi connectivity index (χ3v) is 6.12. The summed E-state index contributed by atoms with van der Waals surface area (Å²) in [7, 11) is 0. The molecule has 0 unspecified atom stereocenters. The topological polar surface area (TPSA) is 110 Å². The molecule has 7 heteroatoms. The largest absolute Gasteiger partial charge is 0.481 e. The molecular weight excluding hydrogens is 324 g/mol. The van der Waals surface area contributed by atoms with Crippen molar-refractivity contribution >= 4 is 23.3 Å². The molecule has 4 atom stereocenters. The first-order valence-electron chi connectivity index (χ1n) is 8.32. The number of nitro benzene ring substituents is 1. The zero-order valence-corrected chi connectivity index (χ0v) is 13.6. The van der Waals surface area contributed by atoms with Crippen LogP contribution in [0, 0.1) is 46.1 Å². The molecule has 1 aromatic carbocycles. The van der Waals surface area contributed by atoms with Crippen molar-refractivity contribution in [1.29, 1.82) is 0 Å². The zero-order chi connectivity index (χ0) is 17.9. The number of aliphatic carboxylic acids is 1. The van der Waals surface area contributed by atoms with Crippen molar-refractivity contribution in [3.63, 3.8) is 0 Å². The molecule has 0 aliphatic heterocycles. The number of non-ortho nitro benzene ring substituents is 1. The number of aryl methyl sites for hydroxylation is 1. The SMILES string of the molecule is Cc1ccc([N+](=O)[O-])cc1NC(=O)[C@H]1[C@@H](C(=O)O)[C@H]2C=C[C@@H]1C21CC1. The highest BCUT2D eigenvalue weighted by molar-refractivity contribution is 5.97. The van der Waals surface area contributed by atoms with Crippen LogP contribution in [0.3, 0.4) is 0 Å². The highest BCUT2D eigenvalue weighted by Gasteiger charge is 2.70. The van der Waals surface area contributed by atoms with Crippen LogP contribution in [0.25, 0.3) is 0 Å². The molecule has 0 saturated heterocycles. The van der Waals surface area contributed by atoms with Gasteiger partial charge in [0.25, 0.3) is 5.69 Å². The Morgan fingerprint density at radius 3 is 2.44 bits per heavy atom. The van der Waals surface area contributed by atoms with E-state index in [1.165, 1.54) is 12.1 Å². The predicted molar refractivity (Wildman–Crippen MR) is 88.9 cm³/mol. The lowest BCUT2D eigenvalue weighted by molar-refractivity contribution is -0.384. The van der Waals surface area contributed by atoms with Crippen LogP contribution < -0.4 is 5.32 Å². The summed E-state index contributed by atoms with van der Waals surface area (Å²) in [6, 6.07) is 4.27. The molecule has 2 bridgehead atoms. The number of rotatable bonds is 4. The van der Waals surface area contributed by atoms with Crippen molar-refractivity contribution in [1.82, 2.24) is 0 Å². The minimum atomic E-state index is -0.945. The quantitative estimate of drug-likeness (QED) is 0.497. The number of nitrogens with one attached hydrogen (secondary N) is 1. The van der Waals surface area contributed by atoms with Gasteiger partial charge in [0, 0.05) is 12.1 Å². The molecule has 3 aliphatic rings. The number of carbonyl (C=O) groups is 2. The van der Waals surface area contributed by atoms with Crippen LogP contribution in [0.5, 0.6) is 0 Å². The number of benzene rings is 1. The molecule has 2 fully saturated rings. The van der Waals surface area contributed by atoms with Crippen LogP contribution in [-0.2, 0) is 9.59 Å². The summed E-state index contributed by atoms with van der Waals surface area (Å²) in [5, 5.41) is 23.3. The Balaban J connectivity index is 1.63. The average Bonchev–Trinajstić information content (AvgIpc) is 3.22. The second kappa shape index (κ2) is 5.15. The summed E-state index contributed by atoms with van der Waals surface area (Å²) >= 11 is 0. The van der Waals surface area contributed by atoms with E-state index in [-0.39, 0.29) is 28.8 Å². The summed E-state index contributed by atoms with van der Waals surface area (Å²) in [5.41, 5.74) is 0.899. The Kier molecular flexibility index (Phi) is 3.25. The van der Waals surface area contributed by atoms with Crippen molar-refractivity contribution in [2.24, 2.45) is 29.1 Å². The highest BCUT2D eigenvalue weighted by atomic mass is 16.6. The molecule has 4 rings (SSSR count). The molecule has 25 heavy (non-hydrogen) atoms. The lowest BCUT2D eigenvalue weighted by Gasteiger charge is -2.24. The smallest absolute Gasteiger partial charge is 0.307 e. The van der Waals surface area contributed by atoms with Crippen molar-refractivity contribution in [3.05, 3.63) is 46.0 Å². The molecule has 1 aromatic rings. The van der Waals surface area contributed by atoms with Crippen molar-refractivity contribution < 1.29 is 19.6 Å². The van der Waals surface area contributed by atoms with Gasteiger partial charge < -0.3 is 10.4 Å². The molecule has 1 amide bonds. The van der Waals surface area contributed by atoms with E-state index < -0.39 is 22.7 Å². The number of hydrogen-bond donors (Lipinski definition) is 2. The second-order valence-corrected chi connectivity index (χ2v) is 7.31. The minimum absolute atomic E-state index is 0.0528. The molecular formula is C18H18N2O5. The number of nitrogens with zero attached hydrogens (tertiary/aromatic N) is 1. The Labute approximate surface area is 143 Å². The van der Waals surface area contributed by atoms with E-state index in [1.807, 2.05) is 12.2 Å². The molecule has 0 aromatic heterocycles. The first-order valence-corrected chi connectivity index (χ1v) is 8.32. The van der Waals surface area contributed by atoms with Gasteiger partial charge in [0.2, 0.25) is 5.91 Å². The van der Waals surface area contributed by atoms with Crippen LogP contribution >= 0.6 is 0 Å². The molecule has 2 N–H and O–H groups in total. The van der Waals surface area contributed by atoms with E-state index in [9.17, 15) is 24.8 Å². The molecule has 3 aliphatic carbocycles. The van der Waals surface area contributed by atoms with Gasteiger partial charge in [-0.3, -0.25) is 19.7 Å². The fourth-order valence-electron chi connectivity index (χ4n) is 4.76. The number of anilines is 1. The number of carbonyl (C=O) groups excluding carboxylic acids is 1. The fraction of sp³-hybridized carbons (Fsp3) is 0.444. The Morgan fingerprint density at radius 2 is 1.88 bits per heavy atom. The number of nitro groups is 1. The van der Waals surface area contributed by atoms with Gasteiger partial charge in [-0.2, -0.15) is 0 Å². The fourth-order valence-corrected chi connectivity index (χ4v) is 4.76. The Bertz CT molecular complexity index is 827. The van der Waals surface area contributed by atoms with Gasteiger partial charge in [0.05, 0.1) is 22.4 Å². The van der Waals surface area contributed by atoms with E-state index in [0.717, 1.165) is 12.8 Å². The van der Waals surface area contributed by atoms with Gasteiger partial charge in [0.15, 0.2) is 0 Å². The summed E-state index contributed by atoms with van der Waals surface area (Å²) in [6.07, 6.45) is 5.86. The average molecular weight is 342 g/mol. The molecule has 0 radical (unpaired) electrons. The van der Waals surface area contributed by atoms with E-state index in [1.54, 1.807) is 13.0 Å². The summed E-state index contributed by atoms with van der Waals surface area (Å²) in [4.78, 5) is 35.1. The summed E-state index contributed by atoms with van der Waals surface area (Å²) < 4.78 is 0. The van der Waals surface area contributed by atoms with E-state index in [2.05, 4.69) is 5.32 Å². The number of amides is 1. The minimum Gasteiger partial charge on any atom is -0.481 e. The third-order valence-electron chi connectivity index (χ3n) is 6.12. The monoisotopic (exact) mass is 342 g/mol. The second-order valence-electron chi connectivity index (χ2n) is 7.31. The maximum atomic E-state index is 12.9. The van der Waals surface area contributed by atoms with Crippen molar-refractivity contribution in [3.8, 4) is 0 Å². The van der Waals surface area contributed by atoms with E-state index >= 15 is 0 Å². The van der Waals surface area contributed by atoms with Crippen LogP contribution in [0.4, 0.5) is 11.4 Å². The first-order chi connectivity index (χ1) is 11.8. The zero-order valence-electron chi connectivity index (χ0n) is 13.6. The van der Waals surface area contributed by atoms with Gasteiger partial charge >= 0.3 is 5.97 Å². The van der Waals surface area contributed by atoms with Crippen molar-refractivity contribution in [2.45, 2.75) is 19.8 Å². The van der Waals surface area contributed by atoms with Gasteiger partial charge in [0.1, 0.15) is 0 Å². The summed E-state index contributed by atoms with van der Waals surface area (Å²) in [6.45, 7) is 1.75. The standard InChI is InChI=1S/C18H18N2O5/c1-9-2-3-10(20(24)25)8-13(9)19-16(21)14-11-4-5-12(15(14)17(22)23)18(11)6-7-18/h2-5,8,11-12,14-15H,6-7H2,1H3,(H,19,21)(H,22,23)/t11-,12+,14+,15-/m0/s1. The Hall–Kier alpha value is -2.70. The number of allylic oxidation sites excluding steroid dienone is 2. The molecule has 130 valence electrons. The molecule has 7 nitrogen and oxygen atoms in total. The first kappa shape index (κ1) is 15.8. The van der Waals surface area contributed by atoms with Crippen LogP contribution in [0.15, 0.2) is 30.4 Å². The summed E-state index contributed by atoms with van der Waals surface area (Å²) in [5.74, 6) is -2.81. The number of hydrogen-bond acceptors (Lipinski definition) is 4. The lowest BCUT2D eigenvalue weighted by Crippen LogP contribution is -2.36. The number of carboxylic acid groups (broad SMARTS) is 1. The van der Waals surface area contributed by atoms with Gasteiger partial charge in [-0.15, -0.1) is 0 Å². The van der Waals surface area contributed by atoms with Crippen LogP contribution in [0.1, 0.15) is 18.4 Å². The van der Waals surface area contributed by atoms with E-state index in [0.29, 0.717) is 11.3 Å². The molecule has 0 heterocycles. The normalized spacial score (nSPS) is 30.4. The van der Waals surface area contributed by atoms with E-state index in [4.69, 9.17) is 0 Å².